The number of benzene rings is 1. The van der Waals surface area contributed by atoms with Crippen LogP contribution >= 0.6 is 0 Å². The number of alkyl halides is 3. The average molecular weight is 515 g/mol. The highest BCUT2D eigenvalue weighted by atomic mass is 19.4. The first-order valence-electron chi connectivity index (χ1n) is 11.8. The van der Waals surface area contributed by atoms with Gasteiger partial charge in [-0.15, -0.1) is 0 Å². The van der Waals surface area contributed by atoms with E-state index in [1.165, 1.54) is 0 Å². The molecule has 2 atom stereocenters. The number of likely N-dealkylation sites (tertiary alicyclic amines) is 2. The summed E-state index contributed by atoms with van der Waals surface area (Å²) < 4.78 is 49.2. The largest absolute Gasteiger partial charge is 0.444 e. The van der Waals surface area contributed by atoms with Crippen molar-refractivity contribution < 1.29 is 32.2 Å². The maximum absolute atomic E-state index is 13.2. The molecule has 2 aliphatic heterocycles. The van der Waals surface area contributed by atoms with Gasteiger partial charge >= 0.3 is 12.3 Å². The summed E-state index contributed by atoms with van der Waals surface area (Å²) >= 11 is 0. The second-order valence-electron chi connectivity index (χ2n) is 10.2. The van der Waals surface area contributed by atoms with Gasteiger partial charge in [-0.1, -0.05) is 6.07 Å². The third kappa shape index (κ3) is 5.16. The number of fused-ring (bicyclic) bond motifs is 3. The monoisotopic (exact) mass is 514 g/mol. The first-order valence-corrected chi connectivity index (χ1v) is 11.8. The van der Waals surface area contributed by atoms with Crippen LogP contribution in [-0.4, -0.2) is 62.5 Å². The fraction of sp³-hybridized carbons (Fsp3) is 0.385. The first kappa shape index (κ1) is 24.8. The molecule has 1 aromatic carbocycles. The van der Waals surface area contributed by atoms with Crippen LogP contribution < -0.4 is 4.74 Å². The lowest BCUT2D eigenvalue weighted by atomic mass is 10.1. The van der Waals surface area contributed by atoms with Gasteiger partial charge in [-0.25, -0.2) is 14.8 Å². The fourth-order valence-electron chi connectivity index (χ4n) is 4.62. The van der Waals surface area contributed by atoms with Crippen molar-refractivity contribution in [1.29, 1.82) is 0 Å². The quantitative estimate of drug-likeness (QED) is 0.473. The van der Waals surface area contributed by atoms with Crippen LogP contribution in [0.15, 0.2) is 48.7 Å². The van der Waals surface area contributed by atoms with Gasteiger partial charge in [-0.3, -0.25) is 4.79 Å². The Labute approximate surface area is 211 Å². The minimum atomic E-state index is -4.47. The van der Waals surface area contributed by atoms with E-state index in [-0.39, 0.29) is 30.0 Å². The molecule has 3 aromatic rings. The van der Waals surface area contributed by atoms with E-state index in [0.29, 0.717) is 48.1 Å². The SMILES string of the molecule is CC(C)(C)OC(=O)N1CC2CC1CN2C(=O)c1ccc2cc(Oc3ccc(C(F)(F)F)cn3)ccc2n1. The Hall–Kier alpha value is -3.89. The first-order chi connectivity index (χ1) is 17.4. The van der Waals surface area contributed by atoms with Crippen LogP contribution in [-0.2, 0) is 10.9 Å². The van der Waals surface area contributed by atoms with Crippen molar-refractivity contribution in [3.8, 4) is 11.6 Å². The van der Waals surface area contributed by atoms with E-state index in [1.54, 1.807) is 40.1 Å². The van der Waals surface area contributed by atoms with Crippen molar-refractivity contribution in [1.82, 2.24) is 19.8 Å². The van der Waals surface area contributed by atoms with Crippen molar-refractivity contribution in [3.05, 3.63) is 59.9 Å². The van der Waals surface area contributed by atoms with Gasteiger partial charge < -0.3 is 19.3 Å². The standard InChI is InChI=1S/C26H25F3N4O4/c1-25(2,3)37-24(35)33-14-17-11-18(33)13-32(17)23(34)21-7-4-15-10-19(6-8-20(15)31-21)36-22-9-5-16(12-30-22)26(27,28)29/h4-10,12,17-18H,11,13-14H2,1-3H3. The molecule has 2 unspecified atom stereocenters. The second kappa shape index (κ2) is 8.89. The Balaban J connectivity index is 1.25. The van der Waals surface area contributed by atoms with E-state index in [4.69, 9.17) is 9.47 Å². The van der Waals surface area contributed by atoms with Crippen molar-refractivity contribution >= 4 is 22.9 Å². The number of hydrogen-bond acceptors (Lipinski definition) is 6. The Kier molecular flexibility index (Phi) is 5.96. The van der Waals surface area contributed by atoms with Crippen LogP contribution in [0.3, 0.4) is 0 Å². The molecule has 0 aliphatic carbocycles. The van der Waals surface area contributed by atoms with Crippen LogP contribution in [0.1, 0.15) is 43.2 Å². The number of carbonyl (C=O) groups is 2. The summed E-state index contributed by atoms with van der Waals surface area (Å²) in [5.41, 5.74) is -0.577. The van der Waals surface area contributed by atoms with E-state index >= 15 is 0 Å². The minimum absolute atomic E-state index is 0.0246. The van der Waals surface area contributed by atoms with Crippen molar-refractivity contribution in [3.63, 3.8) is 0 Å². The van der Waals surface area contributed by atoms with Gasteiger partial charge in [0.2, 0.25) is 5.88 Å². The maximum atomic E-state index is 13.2. The lowest BCUT2D eigenvalue weighted by Crippen LogP contribution is -2.51. The molecule has 4 heterocycles. The van der Waals surface area contributed by atoms with E-state index < -0.39 is 17.3 Å². The number of hydrogen-bond donors (Lipinski definition) is 0. The highest BCUT2D eigenvalue weighted by Crippen LogP contribution is 2.34. The molecular formula is C26H25F3N4O4. The summed E-state index contributed by atoms with van der Waals surface area (Å²) in [6, 6.07) is 10.2. The van der Waals surface area contributed by atoms with Crippen LogP contribution in [0.25, 0.3) is 10.9 Å². The third-order valence-electron chi connectivity index (χ3n) is 6.30. The number of amides is 2. The molecule has 2 amide bonds. The van der Waals surface area contributed by atoms with Crippen LogP contribution in [0.4, 0.5) is 18.0 Å². The van der Waals surface area contributed by atoms with Gasteiger partial charge in [0.25, 0.3) is 5.91 Å². The molecule has 0 spiro atoms. The summed E-state index contributed by atoms with van der Waals surface area (Å²) in [5.74, 6) is 0.198. The molecule has 0 N–H and O–H groups in total. The van der Waals surface area contributed by atoms with E-state index in [9.17, 15) is 22.8 Å². The summed E-state index contributed by atoms with van der Waals surface area (Å²) in [6.45, 7) is 6.32. The molecule has 2 saturated heterocycles. The number of ether oxygens (including phenoxy) is 2. The molecule has 5 rings (SSSR count). The van der Waals surface area contributed by atoms with Gasteiger partial charge in [0, 0.05) is 30.7 Å². The van der Waals surface area contributed by atoms with Crippen LogP contribution in [0.2, 0.25) is 0 Å². The second-order valence-corrected chi connectivity index (χ2v) is 10.2. The zero-order valence-corrected chi connectivity index (χ0v) is 20.5. The zero-order chi connectivity index (χ0) is 26.5. The Morgan fingerprint density at radius 2 is 1.70 bits per heavy atom. The summed E-state index contributed by atoms with van der Waals surface area (Å²) in [4.78, 5) is 37.3. The molecule has 37 heavy (non-hydrogen) atoms. The number of nitrogens with zero attached hydrogens (tertiary/aromatic N) is 4. The normalized spacial score (nSPS) is 19.4. The maximum Gasteiger partial charge on any atom is 0.417 e. The predicted octanol–water partition coefficient (Wildman–Crippen LogP) is 5.27. The molecule has 194 valence electrons. The van der Waals surface area contributed by atoms with Gasteiger partial charge in [0.1, 0.15) is 17.0 Å². The van der Waals surface area contributed by atoms with Gasteiger partial charge in [-0.05, 0) is 57.5 Å². The number of carbonyl (C=O) groups excluding carboxylic acids is 2. The molecule has 2 aliphatic rings. The van der Waals surface area contributed by atoms with Crippen LogP contribution in [0, 0.1) is 0 Å². The van der Waals surface area contributed by atoms with Gasteiger partial charge in [0.05, 0.1) is 23.2 Å². The summed E-state index contributed by atoms with van der Waals surface area (Å²) in [7, 11) is 0. The highest BCUT2D eigenvalue weighted by Gasteiger charge is 2.48. The third-order valence-corrected chi connectivity index (χ3v) is 6.30. The number of rotatable bonds is 3. The molecule has 2 bridgehead atoms. The topological polar surface area (TPSA) is 84.9 Å². The van der Waals surface area contributed by atoms with E-state index in [0.717, 1.165) is 12.1 Å². The van der Waals surface area contributed by atoms with Gasteiger partial charge in [-0.2, -0.15) is 13.2 Å². The minimum Gasteiger partial charge on any atom is -0.444 e. The molecule has 11 heteroatoms. The molecule has 2 aromatic heterocycles. The van der Waals surface area contributed by atoms with Crippen LogP contribution in [0.5, 0.6) is 11.6 Å². The number of pyridine rings is 2. The Morgan fingerprint density at radius 3 is 2.32 bits per heavy atom. The summed E-state index contributed by atoms with van der Waals surface area (Å²) in [6.07, 6.45) is -3.41. The average Bonchev–Trinajstić information content (AvgIpc) is 3.43. The molecule has 8 nitrogen and oxygen atoms in total. The number of aromatic nitrogens is 2. The predicted molar refractivity (Wildman–Crippen MR) is 127 cm³/mol. The van der Waals surface area contributed by atoms with Crippen molar-refractivity contribution in [2.75, 3.05) is 13.1 Å². The molecule has 0 radical (unpaired) electrons. The molecule has 0 saturated carbocycles. The highest BCUT2D eigenvalue weighted by molar-refractivity contribution is 5.95. The lowest BCUT2D eigenvalue weighted by molar-refractivity contribution is -0.137. The summed E-state index contributed by atoms with van der Waals surface area (Å²) in [5, 5.41) is 0.694. The van der Waals surface area contributed by atoms with E-state index in [1.807, 2.05) is 20.8 Å². The number of halogens is 3. The van der Waals surface area contributed by atoms with Gasteiger partial charge in [0.15, 0.2) is 0 Å². The number of piperazine rings is 1. The Bertz CT molecular complexity index is 1350. The molecule has 2 fully saturated rings. The smallest absolute Gasteiger partial charge is 0.417 e. The lowest BCUT2D eigenvalue weighted by Gasteiger charge is -2.35. The van der Waals surface area contributed by atoms with Crippen molar-refractivity contribution in [2.45, 2.75) is 51.1 Å². The van der Waals surface area contributed by atoms with E-state index in [2.05, 4.69) is 9.97 Å². The molecular weight excluding hydrogens is 489 g/mol. The van der Waals surface area contributed by atoms with Crippen molar-refractivity contribution in [2.24, 2.45) is 0 Å². The fourth-order valence-corrected chi connectivity index (χ4v) is 4.62. The Morgan fingerprint density at radius 1 is 0.973 bits per heavy atom. The zero-order valence-electron chi connectivity index (χ0n) is 20.5.